The molecule has 2 heterocycles. The summed E-state index contributed by atoms with van der Waals surface area (Å²) in [5.41, 5.74) is 0. The van der Waals surface area contributed by atoms with E-state index in [9.17, 15) is 8.42 Å². The lowest BCUT2D eigenvalue weighted by molar-refractivity contribution is 0.148. The highest BCUT2D eigenvalue weighted by Crippen LogP contribution is 2.14. The molecule has 1 aromatic heterocycles. The van der Waals surface area contributed by atoms with E-state index in [0.717, 1.165) is 6.42 Å². The summed E-state index contributed by atoms with van der Waals surface area (Å²) in [6, 6.07) is 0. The van der Waals surface area contributed by atoms with Crippen molar-refractivity contribution in [3.05, 3.63) is 12.0 Å². The maximum atomic E-state index is 12.2. The summed E-state index contributed by atoms with van der Waals surface area (Å²) in [4.78, 5) is 6.66. The van der Waals surface area contributed by atoms with Gasteiger partial charge in [-0.25, -0.2) is 13.4 Å². The van der Waals surface area contributed by atoms with E-state index < -0.39 is 10.0 Å². The molecule has 2 rings (SSSR count). The van der Waals surface area contributed by atoms with Gasteiger partial charge in [0.2, 0.25) is 0 Å². The molecule has 0 unspecified atom stereocenters. The minimum atomic E-state index is -3.43. The zero-order valence-electron chi connectivity index (χ0n) is 9.14. The predicted molar refractivity (Wildman–Crippen MR) is 57.5 cm³/mol. The van der Waals surface area contributed by atoms with Crippen LogP contribution in [0.4, 0.5) is 0 Å². The van der Waals surface area contributed by atoms with Gasteiger partial charge in [0, 0.05) is 19.7 Å². The molecular weight excluding hydrogens is 230 g/mol. The van der Waals surface area contributed by atoms with Crippen LogP contribution in [0.3, 0.4) is 0 Å². The molecule has 6 nitrogen and oxygen atoms in total. The van der Waals surface area contributed by atoms with Gasteiger partial charge in [-0.05, 0) is 13.3 Å². The Morgan fingerprint density at radius 3 is 2.94 bits per heavy atom. The van der Waals surface area contributed by atoms with Gasteiger partial charge in [-0.3, -0.25) is 0 Å². The van der Waals surface area contributed by atoms with Crippen molar-refractivity contribution >= 4 is 10.0 Å². The van der Waals surface area contributed by atoms with Crippen LogP contribution in [0.25, 0.3) is 0 Å². The molecule has 1 aliphatic rings. The van der Waals surface area contributed by atoms with Crippen LogP contribution in [-0.2, 0) is 14.8 Å². The Kier molecular flexibility index (Phi) is 3.27. The fourth-order valence-electron chi connectivity index (χ4n) is 1.63. The second kappa shape index (κ2) is 4.52. The quantitative estimate of drug-likeness (QED) is 0.803. The Morgan fingerprint density at radius 2 is 2.25 bits per heavy atom. The van der Waals surface area contributed by atoms with Crippen LogP contribution in [0.15, 0.2) is 11.2 Å². The summed E-state index contributed by atoms with van der Waals surface area (Å²) in [7, 11) is -3.43. The highest BCUT2D eigenvalue weighted by atomic mass is 32.2. The van der Waals surface area contributed by atoms with E-state index in [4.69, 9.17) is 4.74 Å². The monoisotopic (exact) mass is 245 g/mol. The van der Waals surface area contributed by atoms with E-state index in [0.29, 0.717) is 32.1 Å². The maximum Gasteiger partial charge on any atom is 0.260 e. The van der Waals surface area contributed by atoms with Gasteiger partial charge < -0.3 is 9.72 Å². The number of aromatic amines is 1. The zero-order chi connectivity index (χ0) is 11.6. The second-order valence-electron chi connectivity index (χ2n) is 3.70. The van der Waals surface area contributed by atoms with Crippen LogP contribution in [-0.4, -0.2) is 49.0 Å². The van der Waals surface area contributed by atoms with Crippen molar-refractivity contribution in [1.29, 1.82) is 0 Å². The third kappa shape index (κ3) is 2.26. The normalized spacial score (nSPS) is 19.6. The first-order valence-corrected chi connectivity index (χ1v) is 6.64. The topological polar surface area (TPSA) is 75.3 Å². The minimum Gasteiger partial charge on any atom is -0.380 e. The predicted octanol–water partition coefficient (Wildman–Crippen LogP) is 0.129. The van der Waals surface area contributed by atoms with Crippen LogP contribution in [0.1, 0.15) is 12.2 Å². The number of nitrogens with one attached hydrogen (secondary N) is 1. The highest BCUT2D eigenvalue weighted by molar-refractivity contribution is 7.89. The smallest absolute Gasteiger partial charge is 0.260 e. The van der Waals surface area contributed by atoms with Crippen LogP contribution in [0.2, 0.25) is 0 Å². The van der Waals surface area contributed by atoms with Crippen LogP contribution >= 0.6 is 0 Å². The number of nitrogens with zero attached hydrogens (tertiary/aromatic N) is 2. The third-order valence-electron chi connectivity index (χ3n) is 2.48. The van der Waals surface area contributed by atoms with Crippen molar-refractivity contribution in [2.45, 2.75) is 18.4 Å². The fraction of sp³-hybridized carbons (Fsp3) is 0.667. The van der Waals surface area contributed by atoms with Crippen molar-refractivity contribution in [3.63, 3.8) is 0 Å². The number of sulfonamides is 1. The Bertz CT molecular complexity index is 446. The SMILES string of the molecule is Cc1ncc(S(=O)(=O)N2CCCOCC2)[nH]1. The first kappa shape index (κ1) is 11.6. The van der Waals surface area contributed by atoms with Crippen LogP contribution < -0.4 is 0 Å². The molecule has 0 aliphatic carbocycles. The molecule has 0 radical (unpaired) electrons. The molecule has 1 saturated heterocycles. The molecular formula is C9H15N3O3S. The number of imidazole rings is 1. The van der Waals surface area contributed by atoms with Gasteiger partial charge in [0.15, 0.2) is 5.03 Å². The summed E-state index contributed by atoms with van der Waals surface area (Å²) in [5.74, 6) is 0.602. The summed E-state index contributed by atoms with van der Waals surface area (Å²) in [5, 5.41) is 0.159. The average molecular weight is 245 g/mol. The van der Waals surface area contributed by atoms with Gasteiger partial charge in [-0.15, -0.1) is 0 Å². The second-order valence-corrected chi connectivity index (χ2v) is 5.61. The minimum absolute atomic E-state index is 0.159. The van der Waals surface area contributed by atoms with Crippen molar-refractivity contribution in [2.75, 3.05) is 26.3 Å². The summed E-state index contributed by atoms with van der Waals surface area (Å²) >= 11 is 0. The fourth-order valence-corrected chi connectivity index (χ4v) is 3.06. The summed E-state index contributed by atoms with van der Waals surface area (Å²) in [6.45, 7) is 3.70. The molecule has 7 heteroatoms. The summed E-state index contributed by atoms with van der Waals surface area (Å²) in [6.07, 6.45) is 2.09. The molecule has 0 amide bonds. The van der Waals surface area contributed by atoms with E-state index >= 15 is 0 Å². The number of hydrogen-bond acceptors (Lipinski definition) is 4. The van der Waals surface area contributed by atoms with Crippen molar-refractivity contribution in [2.24, 2.45) is 0 Å². The van der Waals surface area contributed by atoms with Gasteiger partial charge in [-0.2, -0.15) is 4.31 Å². The van der Waals surface area contributed by atoms with E-state index in [-0.39, 0.29) is 5.03 Å². The average Bonchev–Trinajstić information content (AvgIpc) is 2.54. The van der Waals surface area contributed by atoms with Gasteiger partial charge in [0.25, 0.3) is 10.0 Å². The van der Waals surface area contributed by atoms with Crippen molar-refractivity contribution in [1.82, 2.24) is 14.3 Å². The van der Waals surface area contributed by atoms with Gasteiger partial charge in [0.05, 0.1) is 12.8 Å². The third-order valence-corrected chi connectivity index (χ3v) is 4.29. The molecule has 0 saturated carbocycles. The van der Waals surface area contributed by atoms with Gasteiger partial charge in [-0.1, -0.05) is 0 Å². The van der Waals surface area contributed by atoms with E-state index in [2.05, 4.69) is 9.97 Å². The number of ether oxygens (including phenoxy) is 1. The Balaban J connectivity index is 2.23. The molecule has 1 aromatic rings. The molecule has 0 atom stereocenters. The van der Waals surface area contributed by atoms with Gasteiger partial charge >= 0.3 is 0 Å². The lowest BCUT2D eigenvalue weighted by atomic mass is 10.5. The Hall–Kier alpha value is -0.920. The lowest BCUT2D eigenvalue weighted by Crippen LogP contribution is -2.33. The van der Waals surface area contributed by atoms with E-state index in [1.54, 1.807) is 6.92 Å². The largest absolute Gasteiger partial charge is 0.380 e. The Labute approximate surface area is 94.7 Å². The zero-order valence-corrected chi connectivity index (χ0v) is 9.96. The molecule has 0 aromatic carbocycles. The molecule has 0 spiro atoms. The standard InChI is InChI=1S/C9H15N3O3S/c1-8-10-7-9(11-8)16(13,14)12-3-2-5-15-6-4-12/h7H,2-6H2,1H3,(H,10,11). The first-order valence-electron chi connectivity index (χ1n) is 5.20. The number of hydrogen-bond donors (Lipinski definition) is 1. The van der Waals surface area contributed by atoms with Gasteiger partial charge in [0.1, 0.15) is 5.82 Å². The molecule has 90 valence electrons. The lowest BCUT2D eigenvalue weighted by Gasteiger charge is -2.17. The summed E-state index contributed by atoms with van der Waals surface area (Å²) < 4.78 is 31.0. The van der Waals surface area contributed by atoms with Crippen LogP contribution in [0.5, 0.6) is 0 Å². The molecule has 1 aliphatic heterocycles. The Morgan fingerprint density at radius 1 is 1.44 bits per heavy atom. The van der Waals surface area contributed by atoms with E-state index in [1.165, 1.54) is 10.5 Å². The number of rotatable bonds is 2. The van der Waals surface area contributed by atoms with E-state index in [1.807, 2.05) is 0 Å². The molecule has 16 heavy (non-hydrogen) atoms. The van der Waals surface area contributed by atoms with Crippen molar-refractivity contribution in [3.8, 4) is 0 Å². The molecule has 1 N–H and O–H groups in total. The number of aryl methyl sites for hydroxylation is 1. The molecule has 0 bridgehead atoms. The molecule has 1 fully saturated rings. The number of H-pyrrole nitrogens is 1. The maximum absolute atomic E-state index is 12.2. The van der Waals surface area contributed by atoms with Crippen molar-refractivity contribution < 1.29 is 13.2 Å². The van der Waals surface area contributed by atoms with Crippen LogP contribution in [0, 0.1) is 6.92 Å². The first-order chi connectivity index (χ1) is 7.60. The number of aromatic nitrogens is 2. The highest BCUT2D eigenvalue weighted by Gasteiger charge is 2.26.